The molecule has 0 bridgehead atoms. The number of hydrogen-bond donors (Lipinski definition) is 1. The summed E-state index contributed by atoms with van der Waals surface area (Å²) < 4.78 is 12.6. The Kier molecular flexibility index (Phi) is 7.55. The van der Waals surface area contributed by atoms with Crippen LogP contribution in [0.15, 0.2) is 70.7 Å². The summed E-state index contributed by atoms with van der Waals surface area (Å²) in [6, 6.07) is 17.3. The number of carbonyl (C=O) groups excluding carboxylic acids is 3. The number of anilines is 1. The van der Waals surface area contributed by atoms with Crippen molar-refractivity contribution in [1.29, 1.82) is 0 Å². The molecule has 4 rings (SSSR count). The number of rotatable bonds is 7. The van der Waals surface area contributed by atoms with E-state index in [0.29, 0.717) is 36.0 Å². The van der Waals surface area contributed by atoms with Crippen LogP contribution in [0.4, 0.5) is 10.5 Å². The van der Waals surface area contributed by atoms with Gasteiger partial charge in [0.05, 0.1) is 12.3 Å². The van der Waals surface area contributed by atoms with E-state index in [1.165, 1.54) is 6.08 Å². The van der Waals surface area contributed by atoms with Crippen LogP contribution in [0.25, 0.3) is 6.08 Å². The lowest BCUT2D eigenvalue weighted by molar-refractivity contribution is -0.122. The van der Waals surface area contributed by atoms with Crippen molar-refractivity contribution in [1.82, 2.24) is 5.32 Å². The normalized spacial score (nSPS) is 14.7. The first-order chi connectivity index (χ1) is 17.2. The molecular formula is C28H25BrN2O5. The third-order valence-electron chi connectivity index (χ3n) is 5.44. The van der Waals surface area contributed by atoms with Crippen LogP contribution in [0, 0.1) is 13.8 Å². The summed E-state index contributed by atoms with van der Waals surface area (Å²) in [7, 11) is 0. The molecule has 0 saturated carbocycles. The van der Waals surface area contributed by atoms with Crippen LogP contribution in [-0.4, -0.2) is 24.5 Å². The zero-order valence-corrected chi connectivity index (χ0v) is 21.7. The Labute approximate surface area is 217 Å². The molecule has 8 heteroatoms. The van der Waals surface area contributed by atoms with E-state index in [1.54, 1.807) is 42.5 Å². The second-order valence-electron chi connectivity index (χ2n) is 8.36. The van der Waals surface area contributed by atoms with Crippen molar-refractivity contribution in [3.63, 3.8) is 0 Å². The lowest BCUT2D eigenvalue weighted by atomic mass is 10.1. The molecule has 1 aliphatic rings. The van der Waals surface area contributed by atoms with Gasteiger partial charge in [0.15, 0.2) is 11.5 Å². The highest BCUT2D eigenvalue weighted by Crippen LogP contribution is 2.31. The highest BCUT2D eigenvalue weighted by Gasteiger charge is 2.36. The molecule has 3 aromatic rings. The van der Waals surface area contributed by atoms with E-state index in [0.717, 1.165) is 26.1 Å². The second kappa shape index (κ2) is 10.8. The number of ether oxygens (including phenoxy) is 2. The van der Waals surface area contributed by atoms with Gasteiger partial charge < -0.3 is 9.47 Å². The minimum absolute atomic E-state index is 0.163. The van der Waals surface area contributed by atoms with Crippen molar-refractivity contribution in [2.24, 2.45) is 0 Å². The molecule has 0 aliphatic carbocycles. The summed E-state index contributed by atoms with van der Waals surface area (Å²) in [5, 5.41) is 2.23. The number of aryl methyl sites for hydroxylation is 2. The fourth-order valence-corrected chi connectivity index (χ4v) is 4.23. The van der Waals surface area contributed by atoms with Gasteiger partial charge in [0, 0.05) is 4.47 Å². The number of hydrogen-bond acceptors (Lipinski definition) is 5. The molecule has 3 aromatic carbocycles. The van der Waals surface area contributed by atoms with E-state index in [1.807, 2.05) is 20.8 Å². The fourth-order valence-electron chi connectivity index (χ4n) is 3.96. The molecule has 0 radical (unpaired) electrons. The van der Waals surface area contributed by atoms with Crippen molar-refractivity contribution in [3.8, 4) is 11.5 Å². The Morgan fingerprint density at radius 3 is 2.25 bits per heavy atom. The second-order valence-corrected chi connectivity index (χ2v) is 9.27. The van der Waals surface area contributed by atoms with Crippen LogP contribution < -0.4 is 19.7 Å². The number of urea groups is 1. The van der Waals surface area contributed by atoms with Gasteiger partial charge >= 0.3 is 6.03 Å². The summed E-state index contributed by atoms with van der Waals surface area (Å²) in [5.41, 5.74) is 4.11. The van der Waals surface area contributed by atoms with E-state index in [2.05, 4.69) is 39.4 Å². The summed E-state index contributed by atoms with van der Waals surface area (Å²) >= 11 is 3.33. The van der Waals surface area contributed by atoms with Gasteiger partial charge in [-0.05, 0) is 74.4 Å². The lowest BCUT2D eigenvalue weighted by Gasteiger charge is -2.26. The zero-order chi connectivity index (χ0) is 25.8. The maximum absolute atomic E-state index is 13.1. The van der Waals surface area contributed by atoms with Gasteiger partial charge in [0.1, 0.15) is 12.2 Å². The van der Waals surface area contributed by atoms with Crippen molar-refractivity contribution in [2.45, 2.75) is 27.4 Å². The number of halogens is 1. The van der Waals surface area contributed by atoms with Gasteiger partial charge in [-0.25, -0.2) is 9.69 Å². The number of carbonyl (C=O) groups is 3. The maximum atomic E-state index is 13.1. The number of amides is 4. The average molecular weight is 549 g/mol. The molecule has 0 atom stereocenters. The predicted octanol–water partition coefficient (Wildman–Crippen LogP) is 5.71. The van der Waals surface area contributed by atoms with Gasteiger partial charge in [-0.1, -0.05) is 51.3 Å². The molecule has 1 aliphatic heterocycles. The van der Waals surface area contributed by atoms with Crippen molar-refractivity contribution < 1.29 is 23.9 Å². The molecule has 1 N–H and O–H groups in total. The molecule has 0 unspecified atom stereocenters. The molecule has 184 valence electrons. The van der Waals surface area contributed by atoms with Crippen LogP contribution in [0.2, 0.25) is 0 Å². The van der Waals surface area contributed by atoms with Crippen LogP contribution in [-0.2, 0) is 16.2 Å². The summed E-state index contributed by atoms with van der Waals surface area (Å²) in [6.07, 6.45) is 1.44. The number of imide groups is 2. The van der Waals surface area contributed by atoms with Crippen molar-refractivity contribution in [3.05, 3.63) is 93.0 Å². The monoisotopic (exact) mass is 548 g/mol. The maximum Gasteiger partial charge on any atom is 0.335 e. The standard InChI is InChI=1S/C28H25BrN2O5/c1-4-35-25-15-19(5-10-24(25)36-16-20-12-17(2)11-18(3)13-20)14-23-26(32)30-28(34)31(27(23)33)22-8-6-21(29)7-9-22/h5-15H,4,16H2,1-3H3,(H,30,32,34)/b23-14+. The van der Waals surface area contributed by atoms with Gasteiger partial charge in [0.25, 0.3) is 11.8 Å². The number of barbiturate groups is 1. The Morgan fingerprint density at radius 2 is 1.58 bits per heavy atom. The number of nitrogens with one attached hydrogen (secondary N) is 1. The molecule has 0 spiro atoms. The summed E-state index contributed by atoms with van der Waals surface area (Å²) in [6.45, 7) is 6.72. The Bertz CT molecular complexity index is 1340. The summed E-state index contributed by atoms with van der Waals surface area (Å²) in [5.74, 6) is -0.435. The quantitative estimate of drug-likeness (QED) is 0.302. The Hall–Kier alpha value is -3.91. The molecule has 1 saturated heterocycles. The molecule has 1 heterocycles. The highest BCUT2D eigenvalue weighted by molar-refractivity contribution is 9.10. The molecule has 1 fully saturated rings. The SMILES string of the molecule is CCOc1cc(/C=C2\C(=O)NC(=O)N(c3ccc(Br)cc3)C2=O)ccc1OCc1cc(C)cc(C)c1. The first-order valence-electron chi connectivity index (χ1n) is 11.4. The third-order valence-corrected chi connectivity index (χ3v) is 5.97. The van der Waals surface area contributed by atoms with Gasteiger partial charge in [-0.2, -0.15) is 0 Å². The number of nitrogens with zero attached hydrogens (tertiary/aromatic N) is 1. The summed E-state index contributed by atoms with van der Waals surface area (Å²) in [4.78, 5) is 39.0. The predicted molar refractivity (Wildman–Crippen MR) is 141 cm³/mol. The zero-order valence-electron chi connectivity index (χ0n) is 20.1. The van der Waals surface area contributed by atoms with Crippen LogP contribution in [0.1, 0.15) is 29.2 Å². The molecule has 36 heavy (non-hydrogen) atoms. The Balaban J connectivity index is 1.61. The van der Waals surface area contributed by atoms with Crippen molar-refractivity contribution in [2.75, 3.05) is 11.5 Å². The van der Waals surface area contributed by atoms with E-state index in [9.17, 15) is 14.4 Å². The fraction of sp³-hybridized carbons (Fsp3) is 0.179. The van der Waals surface area contributed by atoms with Crippen LogP contribution in [0.5, 0.6) is 11.5 Å². The molecule has 0 aromatic heterocycles. The van der Waals surface area contributed by atoms with Crippen LogP contribution >= 0.6 is 15.9 Å². The lowest BCUT2D eigenvalue weighted by Crippen LogP contribution is -2.54. The van der Waals surface area contributed by atoms with Crippen LogP contribution in [0.3, 0.4) is 0 Å². The van der Waals surface area contributed by atoms with Gasteiger partial charge in [0.2, 0.25) is 0 Å². The van der Waals surface area contributed by atoms with Crippen molar-refractivity contribution >= 4 is 45.5 Å². The first-order valence-corrected chi connectivity index (χ1v) is 12.2. The third kappa shape index (κ3) is 5.66. The van der Waals surface area contributed by atoms with E-state index >= 15 is 0 Å². The van der Waals surface area contributed by atoms with Gasteiger partial charge in [-0.15, -0.1) is 0 Å². The minimum atomic E-state index is -0.797. The van der Waals surface area contributed by atoms with E-state index in [4.69, 9.17) is 9.47 Å². The first kappa shape index (κ1) is 25.2. The smallest absolute Gasteiger partial charge is 0.335 e. The Morgan fingerprint density at radius 1 is 0.889 bits per heavy atom. The highest BCUT2D eigenvalue weighted by atomic mass is 79.9. The molecule has 7 nitrogen and oxygen atoms in total. The minimum Gasteiger partial charge on any atom is -0.490 e. The van der Waals surface area contributed by atoms with Gasteiger partial charge in [-0.3, -0.25) is 14.9 Å². The average Bonchev–Trinajstić information content (AvgIpc) is 2.82. The molecular weight excluding hydrogens is 524 g/mol. The van der Waals surface area contributed by atoms with E-state index < -0.39 is 17.8 Å². The molecule has 4 amide bonds. The topological polar surface area (TPSA) is 84.9 Å². The largest absolute Gasteiger partial charge is 0.490 e. The number of benzene rings is 3. The van der Waals surface area contributed by atoms with E-state index in [-0.39, 0.29) is 5.57 Å².